The number of benzene rings is 2. The number of carbonyl (C=O) groups excluding carboxylic acids is 2. The molecular weight excluding hydrogens is 387 g/mol. The number of ketones is 2. The summed E-state index contributed by atoms with van der Waals surface area (Å²) in [5.41, 5.74) is 13.6. The lowest BCUT2D eigenvalue weighted by atomic mass is 10.1. The molecule has 2 aliphatic heterocycles. The van der Waals surface area contributed by atoms with E-state index < -0.39 is 0 Å². The molecule has 2 heterocycles. The maximum absolute atomic E-state index is 12.7. The molecule has 0 atom stereocenters. The second kappa shape index (κ2) is 5.46. The van der Waals surface area contributed by atoms with E-state index in [9.17, 15) is 9.59 Å². The van der Waals surface area contributed by atoms with Crippen LogP contribution in [0.25, 0.3) is 0 Å². The van der Waals surface area contributed by atoms with Crippen molar-refractivity contribution in [1.29, 1.82) is 0 Å². The fraction of sp³-hybridized carbons (Fsp3) is 0. The van der Waals surface area contributed by atoms with Gasteiger partial charge in [-0.15, -0.1) is 0 Å². The highest BCUT2D eigenvalue weighted by Gasteiger charge is 2.38. The van der Waals surface area contributed by atoms with E-state index in [1.54, 1.807) is 24.3 Å². The third-order valence-corrected chi connectivity index (χ3v) is 6.75. The van der Waals surface area contributed by atoms with Gasteiger partial charge in [0.1, 0.15) is 0 Å². The zero-order valence-corrected chi connectivity index (χ0v) is 15.0. The average molecular weight is 395 g/mol. The molecule has 0 unspecified atom stereocenters. The summed E-state index contributed by atoms with van der Waals surface area (Å²) < 4.78 is 0. The van der Waals surface area contributed by atoms with Crippen molar-refractivity contribution >= 4 is 69.7 Å². The summed E-state index contributed by atoms with van der Waals surface area (Å²) in [4.78, 5) is 27.4. The quantitative estimate of drug-likeness (QED) is 0.499. The van der Waals surface area contributed by atoms with E-state index in [0.717, 1.165) is 0 Å². The van der Waals surface area contributed by atoms with Gasteiger partial charge in [-0.3, -0.25) is 9.59 Å². The van der Waals surface area contributed by atoms with E-state index in [2.05, 4.69) is 0 Å². The SMILES string of the molecule is Nc1cc(Cl)cc2c1S/C(=C1\Sc3c(N)cc(Cl)cc3C1=O)C2=O. The van der Waals surface area contributed by atoms with Crippen LogP contribution < -0.4 is 11.5 Å². The van der Waals surface area contributed by atoms with Gasteiger partial charge in [-0.1, -0.05) is 46.7 Å². The van der Waals surface area contributed by atoms with Crippen LogP contribution in [0.5, 0.6) is 0 Å². The number of carbonyl (C=O) groups is 2. The molecule has 0 saturated heterocycles. The van der Waals surface area contributed by atoms with Gasteiger partial charge in [-0.25, -0.2) is 0 Å². The lowest BCUT2D eigenvalue weighted by molar-refractivity contribution is 0.101. The molecule has 4 rings (SSSR count). The molecule has 0 spiro atoms. The Hall–Kier alpha value is -1.60. The summed E-state index contributed by atoms with van der Waals surface area (Å²) >= 11 is 14.3. The molecule has 0 aromatic heterocycles. The Labute approximate surface area is 155 Å². The number of allylic oxidation sites excluding steroid dienone is 2. The van der Waals surface area contributed by atoms with Gasteiger partial charge in [0.15, 0.2) is 0 Å². The molecule has 0 amide bonds. The van der Waals surface area contributed by atoms with Crippen molar-refractivity contribution in [2.24, 2.45) is 0 Å². The number of halogens is 2. The van der Waals surface area contributed by atoms with Gasteiger partial charge in [0.05, 0.1) is 9.81 Å². The number of rotatable bonds is 0. The third-order valence-electron chi connectivity index (χ3n) is 3.68. The van der Waals surface area contributed by atoms with Crippen LogP contribution in [0.1, 0.15) is 20.7 Å². The molecule has 4 N–H and O–H groups in total. The van der Waals surface area contributed by atoms with E-state index in [1.165, 1.54) is 23.5 Å². The van der Waals surface area contributed by atoms with E-state index in [4.69, 9.17) is 34.7 Å². The van der Waals surface area contributed by atoms with Crippen LogP contribution in [0.3, 0.4) is 0 Å². The number of hydrogen-bond donors (Lipinski definition) is 2. The van der Waals surface area contributed by atoms with Gasteiger partial charge < -0.3 is 11.5 Å². The number of Topliss-reactive ketones (excluding diaryl/α,β-unsaturated/α-hetero) is 2. The number of anilines is 2. The van der Waals surface area contributed by atoms with Crippen LogP contribution in [0.4, 0.5) is 11.4 Å². The standard InChI is InChI=1S/C16H8Cl2N2O2S2/c17-5-1-7-11(21)15(23-13(7)9(19)3-5)16-12(22)8-2-6(18)4-10(20)14(8)24-16/h1-4H,19-20H2/b16-15-. The molecule has 0 fully saturated rings. The fourth-order valence-electron chi connectivity index (χ4n) is 2.63. The molecule has 2 aromatic rings. The summed E-state index contributed by atoms with van der Waals surface area (Å²) in [6, 6.07) is 6.31. The molecule has 4 nitrogen and oxygen atoms in total. The Morgan fingerprint density at radius 3 is 1.46 bits per heavy atom. The lowest BCUT2D eigenvalue weighted by Gasteiger charge is -2.01. The molecule has 120 valence electrons. The van der Waals surface area contributed by atoms with Crippen LogP contribution in [-0.2, 0) is 0 Å². The van der Waals surface area contributed by atoms with Crippen LogP contribution in [0.2, 0.25) is 10.0 Å². The number of nitrogens with two attached hydrogens (primary N) is 2. The summed E-state index contributed by atoms with van der Waals surface area (Å²) in [5, 5.41) is 0.771. The molecule has 2 aromatic carbocycles. The molecule has 0 saturated carbocycles. The monoisotopic (exact) mass is 394 g/mol. The second-order valence-electron chi connectivity index (χ2n) is 5.26. The first kappa shape index (κ1) is 15.9. The van der Waals surface area contributed by atoms with E-state index in [0.29, 0.717) is 52.1 Å². The molecule has 24 heavy (non-hydrogen) atoms. The predicted octanol–water partition coefficient (Wildman–Crippen LogP) is 4.65. The zero-order chi connectivity index (χ0) is 17.2. The van der Waals surface area contributed by atoms with Gasteiger partial charge in [-0.05, 0) is 24.3 Å². The first-order chi connectivity index (χ1) is 11.4. The number of nitrogen functional groups attached to an aromatic ring is 2. The minimum absolute atomic E-state index is 0.252. The Bertz CT molecular complexity index is 923. The van der Waals surface area contributed by atoms with Crippen LogP contribution >= 0.6 is 46.7 Å². The zero-order valence-electron chi connectivity index (χ0n) is 11.9. The van der Waals surface area contributed by atoms with Crippen molar-refractivity contribution in [3.05, 3.63) is 55.2 Å². The molecule has 0 aliphatic carbocycles. The minimum atomic E-state index is -0.252. The Morgan fingerprint density at radius 2 is 1.08 bits per heavy atom. The maximum atomic E-state index is 12.7. The minimum Gasteiger partial charge on any atom is -0.398 e. The Morgan fingerprint density at radius 1 is 0.708 bits per heavy atom. The molecule has 0 radical (unpaired) electrons. The van der Waals surface area contributed by atoms with Crippen molar-refractivity contribution in [3.8, 4) is 0 Å². The highest BCUT2D eigenvalue weighted by Crippen LogP contribution is 2.53. The first-order valence-electron chi connectivity index (χ1n) is 6.74. The van der Waals surface area contributed by atoms with Gasteiger partial charge in [0, 0.05) is 42.3 Å². The van der Waals surface area contributed by atoms with Crippen molar-refractivity contribution in [3.63, 3.8) is 0 Å². The lowest BCUT2D eigenvalue weighted by Crippen LogP contribution is -2.02. The van der Waals surface area contributed by atoms with Crippen LogP contribution in [0.15, 0.2) is 43.9 Å². The van der Waals surface area contributed by atoms with Gasteiger partial charge >= 0.3 is 0 Å². The van der Waals surface area contributed by atoms with E-state index in [-0.39, 0.29) is 11.6 Å². The van der Waals surface area contributed by atoms with Gasteiger partial charge in [0.2, 0.25) is 11.6 Å². The normalized spacial score (nSPS) is 18.9. The average Bonchev–Trinajstić information content (AvgIpc) is 2.99. The summed E-state index contributed by atoms with van der Waals surface area (Å²) in [7, 11) is 0. The topological polar surface area (TPSA) is 86.2 Å². The van der Waals surface area contributed by atoms with Crippen LogP contribution in [-0.4, -0.2) is 11.6 Å². The summed E-state index contributed by atoms with van der Waals surface area (Å²) in [6.07, 6.45) is 0. The third kappa shape index (κ3) is 2.25. The fourth-order valence-corrected chi connectivity index (χ4v) is 5.40. The first-order valence-corrected chi connectivity index (χ1v) is 9.13. The van der Waals surface area contributed by atoms with Gasteiger partial charge in [-0.2, -0.15) is 0 Å². The van der Waals surface area contributed by atoms with Gasteiger partial charge in [0.25, 0.3) is 0 Å². The van der Waals surface area contributed by atoms with E-state index >= 15 is 0 Å². The molecule has 2 aliphatic rings. The molecule has 8 heteroatoms. The molecule has 0 bridgehead atoms. The number of fused-ring (bicyclic) bond motifs is 2. The molecular formula is C16H8Cl2N2O2S2. The maximum Gasteiger partial charge on any atom is 0.202 e. The van der Waals surface area contributed by atoms with Crippen LogP contribution in [0, 0.1) is 0 Å². The summed E-state index contributed by atoms with van der Waals surface area (Å²) in [6.45, 7) is 0. The largest absolute Gasteiger partial charge is 0.398 e. The van der Waals surface area contributed by atoms with Crippen molar-refractivity contribution in [2.75, 3.05) is 11.5 Å². The highest BCUT2D eigenvalue weighted by molar-refractivity contribution is 8.09. The Balaban J connectivity index is 1.86. The number of hydrogen-bond acceptors (Lipinski definition) is 6. The highest BCUT2D eigenvalue weighted by atomic mass is 35.5. The van der Waals surface area contributed by atoms with E-state index in [1.807, 2.05) is 0 Å². The number of thioether (sulfide) groups is 2. The van der Waals surface area contributed by atoms with Crippen molar-refractivity contribution < 1.29 is 9.59 Å². The smallest absolute Gasteiger partial charge is 0.202 e. The van der Waals surface area contributed by atoms with Crippen molar-refractivity contribution in [2.45, 2.75) is 9.79 Å². The predicted molar refractivity (Wildman–Crippen MR) is 99.1 cm³/mol. The van der Waals surface area contributed by atoms with Crippen molar-refractivity contribution in [1.82, 2.24) is 0 Å². The summed E-state index contributed by atoms with van der Waals surface area (Å²) in [5.74, 6) is -0.505. The second-order valence-corrected chi connectivity index (χ2v) is 8.18. The Kier molecular flexibility index (Phi) is 3.61.